The van der Waals surface area contributed by atoms with Crippen LogP contribution in [-0.4, -0.2) is 58.2 Å². The van der Waals surface area contributed by atoms with Gasteiger partial charge in [-0.3, -0.25) is 4.79 Å². The minimum atomic E-state index is -0.604. The first-order valence-electron chi connectivity index (χ1n) is 9.75. The number of phenols is 1. The van der Waals surface area contributed by atoms with Gasteiger partial charge in [-0.25, -0.2) is 14.4 Å². The average molecular weight is 441 g/mol. The fourth-order valence-corrected chi connectivity index (χ4v) is 4.55. The van der Waals surface area contributed by atoms with Gasteiger partial charge in [0.1, 0.15) is 30.3 Å². The van der Waals surface area contributed by atoms with Crippen LogP contribution in [0, 0.1) is 5.82 Å². The highest BCUT2D eigenvalue weighted by Crippen LogP contribution is 2.47. The number of benzene rings is 2. The van der Waals surface area contributed by atoms with Gasteiger partial charge in [0, 0.05) is 25.2 Å². The fraction of sp³-hybridized carbons (Fsp3) is 0.227. The normalized spacial score (nSPS) is 17.7. The molecule has 2 aliphatic rings. The predicted molar refractivity (Wildman–Crippen MR) is 115 cm³/mol. The fourth-order valence-electron chi connectivity index (χ4n) is 4.25. The number of amides is 1. The lowest BCUT2D eigenvalue weighted by Gasteiger charge is -2.40. The van der Waals surface area contributed by atoms with E-state index in [2.05, 4.69) is 21.4 Å². The summed E-state index contributed by atoms with van der Waals surface area (Å²) in [6, 6.07) is 5.55. The van der Waals surface area contributed by atoms with Crippen molar-refractivity contribution in [1.29, 1.82) is 0 Å². The molecule has 1 saturated heterocycles. The number of nitrogens with zero attached hydrogens (tertiary/aromatic N) is 4. The van der Waals surface area contributed by atoms with Crippen LogP contribution in [0.15, 0.2) is 43.2 Å². The quantitative estimate of drug-likeness (QED) is 0.615. The van der Waals surface area contributed by atoms with Crippen molar-refractivity contribution in [1.82, 2.24) is 14.9 Å². The molecule has 0 saturated carbocycles. The molecule has 158 valence electrons. The highest BCUT2D eigenvalue weighted by Gasteiger charge is 2.35. The van der Waals surface area contributed by atoms with E-state index in [1.54, 1.807) is 11.0 Å². The first-order chi connectivity index (χ1) is 15.0. The number of phenolic OH excluding ortho intramolecular Hbond substituents is 1. The minimum absolute atomic E-state index is 0.0147. The van der Waals surface area contributed by atoms with Crippen LogP contribution in [0.25, 0.3) is 22.0 Å². The van der Waals surface area contributed by atoms with E-state index in [9.17, 15) is 14.3 Å². The maximum atomic E-state index is 14.6. The third kappa shape index (κ3) is 3.06. The van der Waals surface area contributed by atoms with Gasteiger partial charge in [0.15, 0.2) is 5.75 Å². The zero-order valence-electron chi connectivity index (χ0n) is 16.4. The molecule has 2 aliphatic heterocycles. The highest BCUT2D eigenvalue weighted by molar-refractivity contribution is 6.36. The van der Waals surface area contributed by atoms with Gasteiger partial charge in [-0.15, -0.1) is 0 Å². The topological polar surface area (TPSA) is 78.8 Å². The molecule has 9 heteroatoms. The van der Waals surface area contributed by atoms with E-state index in [1.807, 2.05) is 0 Å². The van der Waals surface area contributed by atoms with E-state index < -0.39 is 5.82 Å². The number of aromatic hydroxyl groups is 1. The summed E-state index contributed by atoms with van der Waals surface area (Å²) in [5, 5.41) is 11.1. The third-order valence-corrected chi connectivity index (χ3v) is 6.10. The number of fused-ring (bicyclic) bond motifs is 2. The number of hydrogen-bond acceptors (Lipinski definition) is 6. The van der Waals surface area contributed by atoms with Crippen molar-refractivity contribution in [3.63, 3.8) is 0 Å². The minimum Gasteiger partial charge on any atom is -0.507 e. The molecule has 0 unspecified atom stereocenters. The van der Waals surface area contributed by atoms with Gasteiger partial charge in [-0.2, -0.15) is 0 Å². The van der Waals surface area contributed by atoms with Gasteiger partial charge in [0.25, 0.3) is 0 Å². The largest absolute Gasteiger partial charge is 0.507 e. The zero-order valence-corrected chi connectivity index (χ0v) is 17.1. The second kappa shape index (κ2) is 7.39. The second-order valence-electron chi connectivity index (χ2n) is 7.44. The molecule has 7 nitrogen and oxygen atoms in total. The van der Waals surface area contributed by atoms with Crippen molar-refractivity contribution in [2.45, 2.75) is 6.04 Å². The number of aromatic nitrogens is 2. The van der Waals surface area contributed by atoms with E-state index in [0.29, 0.717) is 42.1 Å². The summed E-state index contributed by atoms with van der Waals surface area (Å²) >= 11 is 6.69. The number of piperazine rings is 1. The van der Waals surface area contributed by atoms with Gasteiger partial charge >= 0.3 is 0 Å². The Labute approximate surface area is 182 Å². The Bertz CT molecular complexity index is 1210. The Balaban J connectivity index is 1.67. The Morgan fingerprint density at radius 2 is 2.19 bits per heavy atom. The standard InChI is InChI=1S/C22H18ClFN4O3/c1-2-17(30)27-6-7-28-12(9-27)10-31-21-19-15(25-11-26-22(19)28)8-13(20(21)23)18-14(24)4-3-5-16(18)29/h2-5,8,11-12,29H,1,6-7,9-10H2/t12-/m0/s1. The van der Waals surface area contributed by atoms with Crippen LogP contribution in [-0.2, 0) is 4.79 Å². The summed E-state index contributed by atoms with van der Waals surface area (Å²) in [7, 11) is 0. The molecule has 1 N–H and O–H groups in total. The van der Waals surface area contributed by atoms with Crippen molar-refractivity contribution in [2.24, 2.45) is 0 Å². The van der Waals surface area contributed by atoms with Gasteiger partial charge in [0.05, 0.1) is 27.5 Å². The Morgan fingerprint density at radius 1 is 1.35 bits per heavy atom. The number of rotatable bonds is 2. The van der Waals surface area contributed by atoms with Crippen LogP contribution in [0.5, 0.6) is 11.5 Å². The van der Waals surface area contributed by atoms with Crippen molar-refractivity contribution in [3.8, 4) is 22.6 Å². The van der Waals surface area contributed by atoms with E-state index in [1.165, 1.54) is 30.6 Å². The number of carbonyl (C=O) groups is 1. The number of hydrogen-bond donors (Lipinski definition) is 1. The summed E-state index contributed by atoms with van der Waals surface area (Å²) in [6.07, 6.45) is 2.73. The molecule has 1 aromatic heterocycles. The number of carbonyl (C=O) groups excluding carboxylic acids is 1. The molecule has 31 heavy (non-hydrogen) atoms. The monoisotopic (exact) mass is 440 g/mol. The van der Waals surface area contributed by atoms with Crippen LogP contribution in [0.4, 0.5) is 10.2 Å². The van der Waals surface area contributed by atoms with Crippen LogP contribution < -0.4 is 9.64 Å². The molecule has 0 bridgehead atoms. The van der Waals surface area contributed by atoms with Crippen LogP contribution in [0.3, 0.4) is 0 Å². The average Bonchev–Trinajstić information content (AvgIpc) is 2.94. The predicted octanol–water partition coefficient (Wildman–Crippen LogP) is 3.39. The molecule has 0 spiro atoms. The lowest BCUT2D eigenvalue weighted by molar-refractivity contribution is -0.126. The maximum Gasteiger partial charge on any atom is 0.246 e. The summed E-state index contributed by atoms with van der Waals surface area (Å²) in [5.41, 5.74) is 0.791. The molecule has 3 heterocycles. The van der Waals surface area contributed by atoms with Crippen molar-refractivity contribution in [3.05, 3.63) is 54.1 Å². The molecule has 2 aromatic carbocycles. The molecule has 1 atom stereocenters. The van der Waals surface area contributed by atoms with Crippen LogP contribution >= 0.6 is 11.6 Å². The Kier molecular flexibility index (Phi) is 4.66. The molecule has 0 aliphatic carbocycles. The number of ether oxygens (including phenoxy) is 1. The van der Waals surface area contributed by atoms with Gasteiger partial charge in [-0.1, -0.05) is 24.2 Å². The summed E-state index contributed by atoms with van der Waals surface area (Å²) in [5.74, 6) is 0.0205. The smallest absolute Gasteiger partial charge is 0.246 e. The molecule has 1 fully saturated rings. The summed E-state index contributed by atoms with van der Waals surface area (Å²) < 4.78 is 20.7. The van der Waals surface area contributed by atoms with Crippen LogP contribution in [0.2, 0.25) is 5.02 Å². The molecule has 5 rings (SSSR count). The van der Waals surface area contributed by atoms with Gasteiger partial charge < -0.3 is 19.6 Å². The van der Waals surface area contributed by atoms with Crippen molar-refractivity contribution < 1.29 is 19.0 Å². The van der Waals surface area contributed by atoms with E-state index in [4.69, 9.17) is 16.3 Å². The van der Waals surface area contributed by atoms with E-state index in [-0.39, 0.29) is 40.5 Å². The molecule has 0 radical (unpaired) electrons. The Hall–Kier alpha value is -3.39. The first-order valence-corrected chi connectivity index (χ1v) is 10.1. The zero-order chi connectivity index (χ0) is 21.7. The number of halogens is 2. The van der Waals surface area contributed by atoms with E-state index >= 15 is 0 Å². The lowest BCUT2D eigenvalue weighted by Crippen LogP contribution is -2.56. The van der Waals surface area contributed by atoms with Gasteiger partial charge in [-0.05, 0) is 24.3 Å². The molecular formula is C22H18ClFN4O3. The third-order valence-electron chi connectivity index (χ3n) is 5.72. The molecular weight excluding hydrogens is 423 g/mol. The maximum absolute atomic E-state index is 14.6. The van der Waals surface area contributed by atoms with Crippen molar-refractivity contribution >= 4 is 34.2 Å². The van der Waals surface area contributed by atoms with E-state index in [0.717, 1.165) is 0 Å². The van der Waals surface area contributed by atoms with Crippen molar-refractivity contribution in [2.75, 3.05) is 31.1 Å². The molecule has 1 amide bonds. The summed E-state index contributed by atoms with van der Waals surface area (Å²) in [6.45, 7) is 5.34. The first kappa shape index (κ1) is 19.6. The molecule has 3 aromatic rings. The van der Waals surface area contributed by atoms with Gasteiger partial charge in [0.2, 0.25) is 5.91 Å². The second-order valence-corrected chi connectivity index (χ2v) is 7.82. The van der Waals surface area contributed by atoms with Crippen LogP contribution in [0.1, 0.15) is 0 Å². The summed E-state index contributed by atoms with van der Waals surface area (Å²) in [4.78, 5) is 24.7. The lowest BCUT2D eigenvalue weighted by atomic mass is 10.0. The highest BCUT2D eigenvalue weighted by atomic mass is 35.5. The number of anilines is 1. The Morgan fingerprint density at radius 3 is 2.97 bits per heavy atom. The SMILES string of the molecule is C=CC(=O)N1CCN2c3ncnc4cc(-c5c(O)cccc5F)c(Cl)c(c34)OC[C@@H]2C1.